The first-order chi connectivity index (χ1) is 9.40. The van der Waals surface area contributed by atoms with Crippen molar-refractivity contribution in [2.75, 3.05) is 11.1 Å². The van der Waals surface area contributed by atoms with Crippen molar-refractivity contribution in [2.45, 2.75) is 13.8 Å². The van der Waals surface area contributed by atoms with Gasteiger partial charge < -0.3 is 11.1 Å². The van der Waals surface area contributed by atoms with Crippen molar-refractivity contribution in [1.82, 2.24) is 0 Å². The molecule has 0 fully saturated rings. The van der Waals surface area contributed by atoms with Gasteiger partial charge in [-0.2, -0.15) is 0 Å². The van der Waals surface area contributed by atoms with Crippen molar-refractivity contribution in [2.24, 2.45) is 0 Å². The molecule has 2 rings (SSSR count). The van der Waals surface area contributed by atoms with E-state index in [0.29, 0.717) is 26.7 Å². The summed E-state index contributed by atoms with van der Waals surface area (Å²) in [5.41, 5.74) is 7.20. The largest absolute Gasteiger partial charge is 0.390 e. The first kappa shape index (κ1) is 14.2. The molecule has 3 N–H and O–H groups in total. The third-order valence-corrected chi connectivity index (χ3v) is 3.95. The number of hydrogen-bond acceptors (Lipinski definition) is 4. The van der Waals surface area contributed by atoms with E-state index in [1.54, 1.807) is 6.92 Å². The summed E-state index contributed by atoms with van der Waals surface area (Å²) < 4.78 is 12.8. The van der Waals surface area contributed by atoms with E-state index in [0.717, 1.165) is 11.3 Å². The van der Waals surface area contributed by atoms with Gasteiger partial charge in [0.15, 0.2) is 5.78 Å². The van der Waals surface area contributed by atoms with Crippen LogP contribution >= 0.6 is 11.3 Å². The first-order valence-corrected chi connectivity index (χ1v) is 6.68. The highest BCUT2D eigenvalue weighted by atomic mass is 32.1. The maximum absolute atomic E-state index is 12.8. The quantitative estimate of drug-likeness (QED) is 0.853. The molecule has 20 heavy (non-hydrogen) atoms. The number of carbonyl (C=O) groups is 2. The molecule has 1 aromatic carbocycles. The van der Waals surface area contributed by atoms with Gasteiger partial charge in [-0.15, -0.1) is 11.3 Å². The van der Waals surface area contributed by atoms with E-state index in [-0.39, 0.29) is 17.5 Å². The van der Waals surface area contributed by atoms with E-state index in [1.807, 2.05) is 0 Å². The monoisotopic (exact) mass is 292 g/mol. The summed E-state index contributed by atoms with van der Waals surface area (Å²) in [5, 5.41) is 2.98. The van der Waals surface area contributed by atoms with E-state index >= 15 is 0 Å². The highest BCUT2D eigenvalue weighted by Crippen LogP contribution is 2.31. The summed E-state index contributed by atoms with van der Waals surface area (Å²) in [6.45, 7) is 3.09. The van der Waals surface area contributed by atoms with Crippen molar-refractivity contribution < 1.29 is 14.0 Å². The van der Waals surface area contributed by atoms with Gasteiger partial charge in [0.2, 0.25) is 0 Å². The number of nitrogen functional groups attached to an aromatic ring is 1. The number of nitrogens with one attached hydrogen (secondary N) is 1. The summed E-state index contributed by atoms with van der Waals surface area (Å²) in [4.78, 5) is 24.0. The molecule has 0 saturated heterocycles. The smallest absolute Gasteiger partial charge is 0.266 e. The fourth-order valence-electron chi connectivity index (χ4n) is 1.91. The van der Waals surface area contributed by atoms with E-state index in [4.69, 9.17) is 5.73 Å². The van der Waals surface area contributed by atoms with Crippen LogP contribution in [0.4, 0.5) is 15.1 Å². The standard InChI is InChI=1S/C14H13FN2O2S/c1-7-11(8(2)18)13(16)20-12(7)14(19)17-10-5-3-9(15)4-6-10/h3-6H,16H2,1-2H3,(H,17,19). The number of ketones is 1. The van der Waals surface area contributed by atoms with Crippen LogP contribution < -0.4 is 11.1 Å². The molecular formula is C14H13FN2O2S. The van der Waals surface area contributed by atoms with Crippen LogP contribution in [0.3, 0.4) is 0 Å². The zero-order valence-corrected chi connectivity index (χ0v) is 11.8. The van der Waals surface area contributed by atoms with Crippen LogP contribution in [0.2, 0.25) is 0 Å². The van der Waals surface area contributed by atoms with Crippen LogP contribution in [0.5, 0.6) is 0 Å². The van der Waals surface area contributed by atoms with Gasteiger partial charge in [-0.05, 0) is 43.7 Å². The predicted octanol–water partition coefficient (Wildman–Crippen LogP) is 3.23. The van der Waals surface area contributed by atoms with Gasteiger partial charge in [-0.25, -0.2) is 4.39 Å². The highest BCUT2D eigenvalue weighted by molar-refractivity contribution is 7.18. The Bertz CT molecular complexity index is 677. The van der Waals surface area contributed by atoms with Gasteiger partial charge in [-0.1, -0.05) is 0 Å². The maximum Gasteiger partial charge on any atom is 0.266 e. The minimum absolute atomic E-state index is 0.169. The lowest BCUT2D eigenvalue weighted by Gasteiger charge is -2.04. The third-order valence-electron chi connectivity index (χ3n) is 2.83. The van der Waals surface area contributed by atoms with Gasteiger partial charge in [0.1, 0.15) is 5.82 Å². The van der Waals surface area contributed by atoms with Crippen molar-refractivity contribution >= 4 is 33.7 Å². The fraction of sp³-hybridized carbons (Fsp3) is 0.143. The molecule has 1 heterocycles. The Labute approximate surface area is 119 Å². The zero-order chi connectivity index (χ0) is 14.9. The molecule has 0 aliphatic rings. The fourth-order valence-corrected chi connectivity index (χ4v) is 2.93. The van der Waals surface area contributed by atoms with Crippen molar-refractivity contribution in [1.29, 1.82) is 0 Å². The predicted molar refractivity (Wildman–Crippen MR) is 77.8 cm³/mol. The van der Waals surface area contributed by atoms with E-state index < -0.39 is 0 Å². The lowest BCUT2D eigenvalue weighted by molar-refractivity contribution is 0.101. The Hall–Kier alpha value is -2.21. The Morgan fingerprint density at radius 3 is 2.35 bits per heavy atom. The van der Waals surface area contributed by atoms with Crippen LogP contribution in [0.1, 0.15) is 32.5 Å². The average molecular weight is 292 g/mol. The van der Waals surface area contributed by atoms with Crippen molar-refractivity contribution in [3.8, 4) is 0 Å². The summed E-state index contributed by atoms with van der Waals surface area (Å²) in [6, 6.07) is 5.44. The van der Waals surface area contributed by atoms with Gasteiger partial charge in [0.05, 0.1) is 15.4 Å². The number of Topliss-reactive ketones (excluding diaryl/α,β-unsaturated/α-hetero) is 1. The van der Waals surface area contributed by atoms with E-state index in [2.05, 4.69) is 5.32 Å². The summed E-state index contributed by atoms with van der Waals surface area (Å²) >= 11 is 1.07. The van der Waals surface area contributed by atoms with Crippen molar-refractivity contribution in [3.63, 3.8) is 0 Å². The summed E-state index contributed by atoms with van der Waals surface area (Å²) in [6.07, 6.45) is 0. The number of hydrogen-bond donors (Lipinski definition) is 2. The number of carbonyl (C=O) groups excluding carboxylic acids is 2. The Morgan fingerprint density at radius 2 is 1.85 bits per heavy atom. The molecule has 104 valence electrons. The van der Waals surface area contributed by atoms with Crippen LogP contribution in [-0.2, 0) is 0 Å². The van der Waals surface area contributed by atoms with Gasteiger partial charge in [0.25, 0.3) is 5.91 Å². The second-order valence-electron chi connectivity index (χ2n) is 4.31. The number of anilines is 2. The molecule has 2 aromatic rings. The minimum atomic E-state index is -0.376. The van der Waals surface area contributed by atoms with Crippen LogP contribution in [0.25, 0.3) is 0 Å². The normalized spacial score (nSPS) is 10.3. The molecule has 0 aliphatic carbocycles. The molecule has 0 saturated carbocycles. The van der Waals surface area contributed by atoms with Crippen LogP contribution in [0.15, 0.2) is 24.3 Å². The van der Waals surface area contributed by atoms with Crippen LogP contribution in [0, 0.1) is 12.7 Å². The average Bonchev–Trinajstić information content (AvgIpc) is 2.67. The highest BCUT2D eigenvalue weighted by Gasteiger charge is 2.21. The van der Waals surface area contributed by atoms with Gasteiger partial charge in [-0.3, -0.25) is 9.59 Å². The second kappa shape index (κ2) is 5.42. The number of benzene rings is 1. The number of halogens is 1. The van der Waals surface area contributed by atoms with Gasteiger partial charge in [0, 0.05) is 5.69 Å². The molecule has 0 unspecified atom stereocenters. The molecule has 6 heteroatoms. The Morgan fingerprint density at radius 1 is 1.25 bits per heavy atom. The van der Waals surface area contributed by atoms with Crippen LogP contribution in [-0.4, -0.2) is 11.7 Å². The Kier molecular flexibility index (Phi) is 3.85. The van der Waals surface area contributed by atoms with Gasteiger partial charge >= 0.3 is 0 Å². The Balaban J connectivity index is 2.28. The molecule has 1 aromatic heterocycles. The molecule has 0 spiro atoms. The zero-order valence-electron chi connectivity index (χ0n) is 11.0. The summed E-state index contributed by atoms with van der Waals surface area (Å²) in [5.74, 6) is -0.909. The molecule has 0 atom stereocenters. The number of thiophene rings is 1. The number of rotatable bonds is 3. The third kappa shape index (κ3) is 2.70. The SMILES string of the molecule is CC(=O)c1c(N)sc(C(=O)Nc2ccc(F)cc2)c1C. The summed E-state index contributed by atoms with van der Waals surface area (Å²) in [7, 11) is 0. The lowest BCUT2D eigenvalue weighted by atomic mass is 10.1. The number of amides is 1. The molecular weight excluding hydrogens is 279 g/mol. The van der Waals surface area contributed by atoms with E-state index in [9.17, 15) is 14.0 Å². The lowest BCUT2D eigenvalue weighted by Crippen LogP contribution is -2.11. The van der Waals surface area contributed by atoms with Crippen molar-refractivity contribution in [3.05, 3.63) is 46.1 Å². The molecule has 4 nitrogen and oxygen atoms in total. The second-order valence-corrected chi connectivity index (χ2v) is 5.36. The number of nitrogens with two attached hydrogens (primary N) is 1. The first-order valence-electron chi connectivity index (χ1n) is 5.87. The molecule has 0 radical (unpaired) electrons. The topological polar surface area (TPSA) is 72.2 Å². The molecule has 1 amide bonds. The van der Waals surface area contributed by atoms with E-state index in [1.165, 1.54) is 31.2 Å². The maximum atomic E-state index is 12.8. The minimum Gasteiger partial charge on any atom is -0.390 e. The molecule has 0 aliphatic heterocycles. The molecule has 0 bridgehead atoms.